The number of nitrogens with zero attached hydrogens (tertiary/aromatic N) is 1. The van der Waals surface area contributed by atoms with E-state index in [1.54, 1.807) is 0 Å². The first kappa shape index (κ1) is 12.9. The van der Waals surface area contributed by atoms with Crippen LogP contribution in [0.3, 0.4) is 0 Å². The minimum atomic E-state index is -0.609. The van der Waals surface area contributed by atoms with Gasteiger partial charge in [0, 0.05) is 12.1 Å². The maximum absolute atomic E-state index is 13.1. The summed E-state index contributed by atoms with van der Waals surface area (Å²) in [7, 11) is 0. The number of ether oxygens (including phenoxy) is 1. The van der Waals surface area contributed by atoms with Crippen molar-refractivity contribution < 1.29 is 14.1 Å². The van der Waals surface area contributed by atoms with Crippen molar-refractivity contribution in [2.75, 3.05) is 13.2 Å². The van der Waals surface area contributed by atoms with E-state index in [0.717, 1.165) is 25.5 Å². The average Bonchev–Trinajstić information content (AvgIpc) is 2.81. The minimum absolute atomic E-state index is 0.191. The zero-order valence-electron chi connectivity index (χ0n) is 9.89. The summed E-state index contributed by atoms with van der Waals surface area (Å²) >= 11 is 0. The van der Waals surface area contributed by atoms with Gasteiger partial charge in [-0.2, -0.15) is 0 Å². The largest absolute Gasteiger partial charge is 0.375 e. The van der Waals surface area contributed by atoms with Gasteiger partial charge >= 0.3 is 0 Å². The molecule has 5 nitrogen and oxygen atoms in total. The number of non-ortho nitro benzene ring substituents is 1. The van der Waals surface area contributed by atoms with Gasteiger partial charge in [0.1, 0.15) is 5.82 Å². The second-order valence-corrected chi connectivity index (χ2v) is 4.38. The molecule has 1 N–H and O–H groups in total. The van der Waals surface area contributed by atoms with Gasteiger partial charge in [-0.1, -0.05) is 0 Å². The van der Waals surface area contributed by atoms with Gasteiger partial charge in [0.25, 0.3) is 5.69 Å². The Hall–Kier alpha value is -1.53. The molecule has 1 heterocycles. The van der Waals surface area contributed by atoms with Gasteiger partial charge in [0.05, 0.1) is 24.2 Å². The molecule has 1 unspecified atom stereocenters. The van der Waals surface area contributed by atoms with E-state index in [1.165, 1.54) is 12.1 Å². The van der Waals surface area contributed by atoms with Gasteiger partial charge in [0.2, 0.25) is 0 Å². The third-order valence-electron chi connectivity index (χ3n) is 2.90. The first-order valence-electron chi connectivity index (χ1n) is 5.90. The normalized spacial score (nSPS) is 19.1. The van der Waals surface area contributed by atoms with Crippen LogP contribution in [0.15, 0.2) is 18.2 Å². The summed E-state index contributed by atoms with van der Waals surface area (Å²) in [6.07, 6.45) is 2.21. The van der Waals surface area contributed by atoms with E-state index in [9.17, 15) is 14.5 Å². The number of hydrogen-bond donors (Lipinski definition) is 1. The number of nitrogens with one attached hydrogen (secondary N) is 1. The van der Waals surface area contributed by atoms with E-state index in [4.69, 9.17) is 4.74 Å². The third-order valence-corrected chi connectivity index (χ3v) is 2.90. The molecular weight excluding hydrogens is 239 g/mol. The van der Waals surface area contributed by atoms with Crippen LogP contribution in [0, 0.1) is 15.9 Å². The second-order valence-electron chi connectivity index (χ2n) is 4.38. The zero-order chi connectivity index (χ0) is 13.0. The van der Waals surface area contributed by atoms with Crippen LogP contribution in [-0.4, -0.2) is 24.1 Å². The summed E-state index contributed by atoms with van der Waals surface area (Å²) in [5, 5.41) is 13.9. The SMILES string of the molecule is O=[N+]([O-])c1cc(F)cc(COCC2CCCN2)c1. The predicted molar refractivity (Wildman–Crippen MR) is 63.7 cm³/mol. The lowest BCUT2D eigenvalue weighted by molar-refractivity contribution is -0.385. The summed E-state index contributed by atoms with van der Waals surface area (Å²) in [5.74, 6) is -0.609. The molecule has 0 saturated carbocycles. The molecule has 0 radical (unpaired) electrons. The zero-order valence-corrected chi connectivity index (χ0v) is 9.89. The molecule has 1 aliphatic heterocycles. The molecule has 6 heteroatoms. The van der Waals surface area contributed by atoms with Gasteiger partial charge in [-0.3, -0.25) is 10.1 Å². The molecule has 0 spiro atoms. The highest BCUT2D eigenvalue weighted by Gasteiger charge is 2.14. The van der Waals surface area contributed by atoms with Crippen molar-refractivity contribution in [3.8, 4) is 0 Å². The third kappa shape index (κ3) is 3.48. The van der Waals surface area contributed by atoms with Crippen LogP contribution >= 0.6 is 0 Å². The quantitative estimate of drug-likeness (QED) is 0.644. The summed E-state index contributed by atoms with van der Waals surface area (Å²) < 4.78 is 18.6. The minimum Gasteiger partial charge on any atom is -0.375 e. The summed E-state index contributed by atoms with van der Waals surface area (Å²) in [6.45, 7) is 1.74. The Labute approximate surface area is 104 Å². The van der Waals surface area contributed by atoms with Crippen LogP contribution in [0.1, 0.15) is 18.4 Å². The smallest absolute Gasteiger partial charge is 0.272 e. The van der Waals surface area contributed by atoms with Crippen molar-refractivity contribution in [2.45, 2.75) is 25.5 Å². The average molecular weight is 254 g/mol. The van der Waals surface area contributed by atoms with Gasteiger partial charge in [-0.05, 0) is 31.0 Å². The summed E-state index contributed by atoms with van der Waals surface area (Å²) in [5.41, 5.74) is 0.243. The first-order chi connectivity index (χ1) is 8.65. The van der Waals surface area contributed by atoms with Crippen LogP contribution in [0.5, 0.6) is 0 Å². The maximum atomic E-state index is 13.1. The molecular formula is C12H15FN2O3. The van der Waals surface area contributed by atoms with E-state index < -0.39 is 10.7 Å². The Balaban J connectivity index is 1.89. The van der Waals surface area contributed by atoms with Crippen LogP contribution in [-0.2, 0) is 11.3 Å². The lowest BCUT2D eigenvalue weighted by Gasteiger charge is -2.10. The summed E-state index contributed by atoms with van der Waals surface area (Å²) in [4.78, 5) is 9.97. The Morgan fingerprint density at radius 1 is 1.50 bits per heavy atom. The lowest BCUT2D eigenvalue weighted by Crippen LogP contribution is -2.26. The Morgan fingerprint density at radius 3 is 3.00 bits per heavy atom. The second kappa shape index (κ2) is 5.88. The van der Waals surface area contributed by atoms with Crippen molar-refractivity contribution in [3.05, 3.63) is 39.7 Å². The first-order valence-corrected chi connectivity index (χ1v) is 5.90. The van der Waals surface area contributed by atoms with Crippen LogP contribution in [0.2, 0.25) is 0 Å². The van der Waals surface area contributed by atoms with E-state index in [0.29, 0.717) is 18.2 Å². The van der Waals surface area contributed by atoms with Gasteiger partial charge in [0.15, 0.2) is 0 Å². The monoisotopic (exact) mass is 254 g/mol. The van der Waals surface area contributed by atoms with Crippen molar-refractivity contribution in [3.63, 3.8) is 0 Å². The Morgan fingerprint density at radius 2 is 2.33 bits per heavy atom. The van der Waals surface area contributed by atoms with Crippen LogP contribution in [0.4, 0.5) is 10.1 Å². The predicted octanol–water partition coefficient (Wildman–Crippen LogP) is 2.00. The molecule has 98 valence electrons. The molecule has 2 rings (SSSR count). The van der Waals surface area contributed by atoms with Crippen LogP contribution < -0.4 is 5.32 Å². The van der Waals surface area contributed by atoms with Crippen molar-refractivity contribution in [1.82, 2.24) is 5.32 Å². The van der Waals surface area contributed by atoms with E-state index >= 15 is 0 Å². The molecule has 1 aromatic carbocycles. The molecule has 0 aromatic heterocycles. The standard InChI is InChI=1S/C12H15FN2O3/c13-10-4-9(5-12(6-10)15(16)17)7-18-8-11-2-1-3-14-11/h4-6,11,14H,1-3,7-8H2. The summed E-state index contributed by atoms with van der Waals surface area (Å²) in [6, 6.07) is 3.84. The van der Waals surface area contributed by atoms with E-state index in [2.05, 4.69) is 5.32 Å². The molecule has 1 saturated heterocycles. The number of nitro benzene ring substituents is 1. The molecule has 1 fully saturated rings. The molecule has 0 aliphatic carbocycles. The molecule has 18 heavy (non-hydrogen) atoms. The molecule has 1 aromatic rings. The van der Waals surface area contributed by atoms with Gasteiger partial charge in [-0.15, -0.1) is 0 Å². The van der Waals surface area contributed by atoms with Crippen LogP contribution in [0.25, 0.3) is 0 Å². The molecule has 1 atom stereocenters. The Bertz CT molecular complexity index is 433. The van der Waals surface area contributed by atoms with Crippen molar-refractivity contribution in [2.24, 2.45) is 0 Å². The number of benzene rings is 1. The maximum Gasteiger partial charge on any atom is 0.272 e. The molecule has 0 bridgehead atoms. The topological polar surface area (TPSA) is 64.4 Å². The van der Waals surface area contributed by atoms with Crippen molar-refractivity contribution in [1.29, 1.82) is 0 Å². The van der Waals surface area contributed by atoms with Gasteiger partial charge in [-0.25, -0.2) is 4.39 Å². The van der Waals surface area contributed by atoms with E-state index in [-0.39, 0.29) is 12.3 Å². The molecule has 0 amide bonds. The highest BCUT2D eigenvalue weighted by molar-refractivity contribution is 5.34. The van der Waals surface area contributed by atoms with Crippen molar-refractivity contribution >= 4 is 5.69 Å². The Kier molecular flexibility index (Phi) is 4.22. The van der Waals surface area contributed by atoms with Gasteiger partial charge < -0.3 is 10.1 Å². The number of nitro groups is 1. The fourth-order valence-corrected chi connectivity index (χ4v) is 2.04. The lowest BCUT2D eigenvalue weighted by atomic mass is 10.2. The number of hydrogen-bond acceptors (Lipinski definition) is 4. The number of halogens is 1. The highest BCUT2D eigenvalue weighted by Crippen LogP contribution is 2.17. The number of rotatable bonds is 5. The fourth-order valence-electron chi connectivity index (χ4n) is 2.04. The molecule has 1 aliphatic rings. The highest BCUT2D eigenvalue weighted by atomic mass is 19.1. The van der Waals surface area contributed by atoms with E-state index in [1.807, 2.05) is 0 Å². The fraction of sp³-hybridized carbons (Fsp3) is 0.500.